The number of hydrogen-bond donors (Lipinski definition) is 1. The van der Waals surface area contributed by atoms with Crippen molar-refractivity contribution in [1.82, 2.24) is 14.5 Å². The predicted molar refractivity (Wildman–Crippen MR) is 116 cm³/mol. The maximum atomic E-state index is 12.7. The zero-order chi connectivity index (χ0) is 20.8. The molecular weight excluding hydrogens is 360 g/mol. The van der Waals surface area contributed by atoms with E-state index in [-0.39, 0.29) is 5.91 Å². The Kier molecular flexibility index (Phi) is 6.83. The number of nitrogens with zero attached hydrogens (tertiary/aromatic N) is 3. The predicted octanol–water partition coefficient (Wildman–Crippen LogP) is 3.58. The van der Waals surface area contributed by atoms with Gasteiger partial charge in [0, 0.05) is 32.8 Å². The number of aromatic nitrogens is 2. The molecule has 0 spiro atoms. The largest absolute Gasteiger partial charge is 0.340 e. The smallest absolute Gasteiger partial charge is 0.239 e. The van der Waals surface area contributed by atoms with E-state index in [4.69, 9.17) is 5.73 Å². The molecule has 0 aliphatic carbocycles. The van der Waals surface area contributed by atoms with Crippen LogP contribution in [-0.4, -0.2) is 33.4 Å². The zero-order valence-electron chi connectivity index (χ0n) is 17.5. The number of hydrogen-bond acceptors (Lipinski definition) is 3. The summed E-state index contributed by atoms with van der Waals surface area (Å²) in [5.41, 5.74) is 10.6. The summed E-state index contributed by atoms with van der Waals surface area (Å²) in [6.07, 6.45) is 4.18. The van der Waals surface area contributed by atoms with Gasteiger partial charge in [-0.2, -0.15) is 0 Å². The number of carbonyl (C=O) groups excluding carboxylic acids is 1. The lowest BCUT2D eigenvalue weighted by Gasteiger charge is -2.21. The number of rotatable bonds is 8. The molecule has 1 heterocycles. The summed E-state index contributed by atoms with van der Waals surface area (Å²) in [7, 11) is 1.80. The van der Waals surface area contributed by atoms with Crippen LogP contribution in [0.25, 0.3) is 0 Å². The van der Waals surface area contributed by atoms with Crippen molar-refractivity contribution in [2.75, 3.05) is 7.05 Å². The number of benzene rings is 2. The molecule has 0 bridgehead atoms. The SMILES string of the molecule is CC(C)c1ccc(CN(C)C(=O)[C@@H](N)Cc2cn(Cc3ccccc3)cn2)cc1. The van der Waals surface area contributed by atoms with Gasteiger partial charge in [0.05, 0.1) is 18.1 Å². The van der Waals surface area contributed by atoms with E-state index in [0.717, 1.165) is 17.8 Å². The molecule has 5 heteroatoms. The van der Waals surface area contributed by atoms with E-state index in [2.05, 4.69) is 55.2 Å². The summed E-state index contributed by atoms with van der Waals surface area (Å²) < 4.78 is 2.02. The molecule has 0 aliphatic rings. The Labute approximate surface area is 173 Å². The lowest BCUT2D eigenvalue weighted by molar-refractivity contribution is -0.131. The Hall–Kier alpha value is -2.92. The molecule has 0 fully saturated rings. The Morgan fingerprint density at radius 2 is 1.76 bits per heavy atom. The minimum absolute atomic E-state index is 0.0736. The van der Waals surface area contributed by atoms with E-state index < -0.39 is 6.04 Å². The standard InChI is InChI=1S/C24H30N4O/c1-18(2)21-11-9-20(10-12-21)14-27(3)24(29)23(25)13-22-16-28(17-26-22)15-19-7-5-4-6-8-19/h4-12,16-18,23H,13-15,25H2,1-3H3/t23-/m0/s1. The first-order chi connectivity index (χ1) is 13.9. The molecule has 0 saturated heterocycles. The van der Waals surface area contributed by atoms with Crippen LogP contribution < -0.4 is 5.73 Å². The first-order valence-corrected chi connectivity index (χ1v) is 10.1. The maximum absolute atomic E-state index is 12.7. The monoisotopic (exact) mass is 390 g/mol. The Morgan fingerprint density at radius 3 is 2.41 bits per heavy atom. The molecule has 152 valence electrons. The highest BCUT2D eigenvalue weighted by Gasteiger charge is 2.19. The molecule has 5 nitrogen and oxygen atoms in total. The first kappa shape index (κ1) is 20.8. The number of carbonyl (C=O) groups is 1. The molecule has 1 aromatic heterocycles. The van der Waals surface area contributed by atoms with Crippen molar-refractivity contribution in [3.8, 4) is 0 Å². The molecule has 2 N–H and O–H groups in total. The summed E-state index contributed by atoms with van der Waals surface area (Å²) in [6.45, 7) is 5.65. The molecule has 3 aromatic rings. The number of imidazole rings is 1. The highest BCUT2D eigenvalue weighted by atomic mass is 16.2. The Bertz CT molecular complexity index is 916. The zero-order valence-corrected chi connectivity index (χ0v) is 17.5. The summed E-state index contributed by atoms with van der Waals surface area (Å²) >= 11 is 0. The van der Waals surface area contributed by atoms with E-state index >= 15 is 0 Å². The van der Waals surface area contributed by atoms with Crippen LogP contribution in [0.15, 0.2) is 67.1 Å². The van der Waals surface area contributed by atoms with Gasteiger partial charge in [-0.05, 0) is 22.6 Å². The van der Waals surface area contributed by atoms with Crippen LogP contribution >= 0.6 is 0 Å². The van der Waals surface area contributed by atoms with Gasteiger partial charge in [0.15, 0.2) is 0 Å². The van der Waals surface area contributed by atoms with Gasteiger partial charge in [0.1, 0.15) is 0 Å². The lowest BCUT2D eigenvalue weighted by atomic mass is 10.0. The van der Waals surface area contributed by atoms with E-state index in [0.29, 0.717) is 18.9 Å². The van der Waals surface area contributed by atoms with Crippen molar-refractivity contribution >= 4 is 5.91 Å². The Morgan fingerprint density at radius 1 is 1.07 bits per heavy atom. The van der Waals surface area contributed by atoms with Crippen LogP contribution in [0.2, 0.25) is 0 Å². The van der Waals surface area contributed by atoms with Crippen molar-refractivity contribution in [2.45, 2.75) is 45.3 Å². The second-order valence-electron chi connectivity index (χ2n) is 7.92. The van der Waals surface area contributed by atoms with Gasteiger partial charge < -0.3 is 15.2 Å². The van der Waals surface area contributed by atoms with Crippen molar-refractivity contribution in [3.63, 3.8) is 0 Å². The molecular formula is C24H30N4O. The molecule has 29 heavy (non-hydrogen) atoms. The fourth-order valence-electron chi connectivity index (χ4n) is 3.35. The lowest BCUT2D eigenvalue weighted by Crippen LogP contribution is -2.42. The molecule has 2 aromatic carbocycles. The second kappa shape index (κ2) is 9.52. The highest BCUT2D eigenvalue weighted by Crippen LogP contribution is 2.16. The van der Waals surface area contributed by atoms with Gasteiger partial charge in [-0.1, -0.05) is 68.4 Å². The summed E-state index contributed by atoms with van der Waals surface area (Å²) in [4.78, 5) is 18.8. The van der Waals surface area contributed by atoms with Crippen LogP contribution in [-0.2, 0) is 24.3 Å². The first-order valence-electron chi connectivity index (χ1n) is 10.1. The summed E-state index contributed by atoms with van der Waals surface area (Å²) in [5.74, 6) is 0.425. The third-order valence-electron chi connectivity index (χ3n) is 5.08. The third-order valence-corrected chi connectivity index (χ3v) is 5.08. The van der Waals surface area contributed by atoms with Crippen molar-refractivity contribution in [1.29, 1.82) is 0 Å². The molecule has 0 unspecified atom stereocenters. The van der Waals surface area contributed by atoms with Gasteiger partial charge in [-0.15, -0.1) is 0 Å². The van der Waals surface area contributed by atoms with E-state index in [1.54, 1.807) is 18.3 Å². The van der Waals surface area contributed by atoms with E-state index in [9.17, 15) is 4.79 Å². The second-order valence-corrected chi connectivity index (χ2v) is 7.92. The summed E-state index contributed by atoms with van der Waals surface area (Å²) in [5, 5.41) is 0. The van der Waals surface area contributed by atoms with Crippen LogP contribution in [0.5, 0.6) is 0 Å². The average Bonchev–Trinajstić information content (AvgIpc) is 3.15. The van der Waals surface area contributed by atoms with Crippen LogP contribution in [0.4, 0.5) is 0 Å². The molecule has 0 radical (unpaired) electrons. The van der Waals surface area contributed by atoms with E-state index in [1.807, 2.05) is 29.0 Å². The maximum Gasteiger partial charge on any atom is 0.239 e. The van der Waals surface area contributed by atoms with Gasteiger partial charge in [-0.25, -0.2) is 4.98 Å². The van der Waals surface area contributed by atoms with E-state index in [1.165, 1.54) is 11.1 Å². The van der Waals surface area contributed by atoms with Gasteiger partial charge in [0.25, 0.3) is 0 Å². The molecule has 3 rings (SSSR count). The average molecular weight is 391 g/mol. The number of amides is 1. The number of nitrogens with two attached hydrogens (primary N) is 1. The van der Waals surface area contributed by atoms with Gasteiger partial charge in [-0.3, -0.25) is 4.79 Å². The molecule has 0 saturated carbocycles. The molecule has 1 amide bonds. The summed E-state index contributed by atoms with van der Waals surface area (Å²) in [6, 6.07) is 18.0. The fraction of sp³-hybridized carbons (Fsp3) is 0.333. The van der Waals surface area contributed by atoms with Crippen molar-refractivity contribution < 1.29 is 4.79 Å². The van der Waals surface area contributed by atoms with Crippen LogP contribution in [0.1, 0.15) is 42.1 Å². The minimum Gasteiger partial charge on any atom is -0.340 e. The number of likely N-dealkylation sites (N-methyl/N-ethyl adjacent to an activating group) is 1. The Balaban J connectivity index is 1.54. The van der Waals surface area contributed by atoms with Crippen LogP contribution in [0, 0.1) is 0 Å². The normalized spacial score (nSPS) is 12.2. The van der Waals surface area contributed by atoms with Crippen LogP contribution in [0.3, 0.4) is 0 Å². The quantitative estimate of drug-likeness (QED) is 0.639. The van der Waals surface area contributed by atoms with Crippen molar-refractivity contribution in [2.24, 2.45) is 5.73 Å². The third kappa shape index (κ3) is 5.78. The molecule has 1 atom stereocenters. The minimum atomic E-state index is -0.602. The van der Waals surface area contributed by atoms with Gasteiger partial charge in [0.2, 0.25) is 5.91 Å². The van der Waals surface area contributed by atoms with Gasteiger partial charge >= 0.3 is 0 Å². The fourth-order valence-corrected chi connectivity index (χ4v) is 3.35. The molecule has 0 aliphatic heterocycles. The highest BCUT2D eigenvalue weighted by molar-refractivity contribution is 5.81. The van der Waals surface area contributed by atoms with Crippen molar-refractivity contribution in [3.05, 3.63) is 89.5 Å². The topological polar surface area (TPSA) is 64.2 Å².